The van der Waals surface area contributed by atoms with E-state index in [-0.39, 0.29) is 12.6 Å². The Morgan fingerprint density at radius 2 is 2.06 bits per heavy atom. The van der Waals surface area contributed by atoms with Crippen molar-refractivity contribution in [1.82, 2.24) is 14.8 Å². The summed E-state index contributed by atoms with van der Waals surface area (Å²) in [5.74, 6) is 0.357. The van der Waals surface area contributed by atoms with Gasteiger partial charge in [0, 0.05) is 13.2 Å². The maximum Gasteiger partial charge on any atom is 0.368 e. The van der Waals surface area contributed by atoms with Crippen molar-refractivity contribution in [3.8, 4) is 0 Å². The molecule has 0 atom stereocenters. The number of halogens is 1. The van der Waals surface area contributed by atoms with E-state index in [2.05, 4.69) is 10.2 Å². The second-order valence-corrected chi connectivity index (χ2v) is 5.32. The van der Waals surface area contributed by atoms with Gasteiger partial charge in [0.15, 0.2) is 5.82 Å². The Labute approximate surface area is 99.0 Å². The van der Waals surface area contributed by atoms with E-state index < -0.39 is 15.4 Å². The van der Waals surface area contributed by atoms with Crippen LogP contribution in [0.4, 0.5) is 3.89 Å². The molecule has 0 radical (unpaired) electrons. The van der Waals surface area contributed by atoms with Gasteiger partial charge in [0.2, 0.25) is 0 Å². The van der Waals surface area contributed by atoms with Crippen molar-refractivity contribution in [2.45, 2.75) is 43.5 Å². The molecule has 0 unspecified atom stereocenters. The van der Waals surface area contributed by atoms with Crippen LogP contribution in [-0.4, -0.2) is 30.3 Å². The summed E-state index contributed by atoms with van der Waals surface area (Å²) in [5.41, 5.74) is 0. The normalized spacial score (nSPS) is 17.8. The van der Waals surface area contributed by atoms with Crippen molar-refractivity contribution in [1.29, 1.82) is 0 Å². The van der Waals surface area contributed by atoms with Crippen molar-refractivity contribution in [3.05, 3.63) is 5.82 Å². The summed E-state index contributed by atoms with van der Waals surface area (Å²) in [5, 5.41) is 6.51. The van der Waals surface area contributed by atoms with Crippen molar-refractivity contribution < 1.29 is 17.0 Å². The van der Waals surface area contributed by atoms with Crippen LogP contribution in [0.2, 0.25) is 0 Å². The SMILES string of the molecule is COCc1nnc(S(=O)(=O)F)n1C1CCCC1. The van der Waals surface area contributed by atoms with Crippen LogP contribution in [0.1, 0.15) is 37.5 Å². The van der Waals surface area contributed by atoms with Crippen LogP contribution in [0.15, 0.2) is 5.16 Å². The first kappa shape index (κ1) is 12.4. The molecule has 0 N–H and O–H groups in total. The van der Waals surface area contributed by atoms with Crippen molar-refractivity contribution >= 4 is 10.2 Å². The fraction of sp³-hybridized carbons (Fsp3) is 0.778. The van der Waals surface area contributed by atoms with E-state index in [9.17, 15) is 12.3 Å². The zero-order chi connectivity index (χ0) is 12.5. The van der Waals surface area contributed by atoms with Gasteiger partial charge in [-0.3, -0.25) is 4.57 Å². The summed E-state index contributed by atoms with van der Waals surface area (Å²) in [6.07, 6.45) is 3.64. The van der Waals surface area contributed by atoms with Crippen LogP contribution in [0.3, 0.4) is 0 Å². The molecule has 1 aromatic rings. The highest BCUT2D eigenvalue weighted by atomic mass is 32.3. The largest absolute Gasteiger partial charge is 0.377 e. The Hall–Kier alpha value is -1.02. The standard InChI is InChI=1S/C9H14FN3O3S/c1-16-6-8-11-12-9(17(10,14)15)13(8)7-4-2-3-5-7/h7H,2-6H2,1H3. The van der Waals surface area contributed by atoms with Crippen LogP contribution in [0, 0.1) is 0 Å². The molecule has 17 heavy (non-hydrogen) atoms. The van der Waals surface area contributed by atoms with Gasteiger partial charge < -0.3 is 4.74 Å². The van der Waals surface area contributed by atoms with Crippen molar-refractivity contribution in [2.24, 2.45) is 0 Å². The van der Waals surface area contributed by atoms with Gasteiger partial charge in [0.1, 0.15) is 6.61 Å². The summed E-state index contributed by atoms with van der Waals surface area (Å²) in [4.78, 5) is 0. The molecule has 0 saturated heterocycles. The molecule has 2 rings (SSSR count). The molecule has 6 nitrogen and oxygen atoms in total. The third-order valence-electron chi connectivity index (χ3n) is 2.92. The summed E-state index contributed by atoms with van der Waals surface area (Å²) in [7, 11) is -3.37. The van der Waals surface area contributed by atoms with Crippen molar-refractivity contribution in [3.63, 3.8) is 0 Å². The molecule has 1 aromatic heterocycles. The number of aromatic nitrogens is 3. The Morgan fingerprint density at radius 3 is 2.59 bits per heavy atom. The van der Waals surface area contributed by atoms with E-state index in [0.717, 1.165) is 25.7 Å². The molecule has 1 heterocycles. The summed E-state index contributed by atoms with van der Waals surface area (Å²) >= 11 is 0. The Kier molecular flexibility index (Phi) is 3.43. The fourth-order valence-corrected chi connectivity index (χ4v) is 2.86. The average Bonchev–Trinajstić information content (AvgIpc) is 2.82. The summed E-state index contributed by atoms with van der Waals surface area (Å²) in [6.45, 7) is 0.124. The Morgan fingerprint density at radius 1 is 1.41 bits per heavy atom. The van der Waals surface area contributed by atoms with Crippen LogP contribution >= 0.6 is 0 Å². The van der Waals surface area contributed by atoms with Crippen LogP contribution in [0.5, 0.6) is 0 Å². The van der Waals surface area contributed by atoms with Crippen LogP contribution in [-0.2, 0) is 21.6 Å². The van der Waals surface area contributed by atoms with Gasteiger partial charge in [0.05, 0.1) is 0 Å². The smallest absolute Gasteiger partial charge is 0.368 e. The number of methoxy groups -OCH3 is 1. The summed E-state index contributed by atoms with van der Waals surface area (Å²) in [6, 6.07) is -0.0457. The Balaban J connectivity index is 2.46. The van der Waals surface area contributed by atoms with Gasteiger partial charge in [-0.2, -0.15) is 8.42 Å². The topological polar surface area (TPSA) is 74.1 Å². The molecule has 8 heteroatoms. The van der Waals surface area contributed by atoms with Crippen molar-refractivity contribution in [2.75, 3.05) is 7.11 Å². The molecule has 1 aliphatic rings. The first-order valence-corrected chi connectivity index (χ1v) is 6.79. The zero-order valence-electron chi connectivity index (χ0n) is 9.47. The average molecular weight is 263 g/mol. The van der Waals surface area contributed by atoms with Gasteiger partial charge in [-0.05, 0) is 12.8 Å². The molecule has 1 aliphatic carbocycles. The van der Waals surface area contributed by atoms with E-state index in [1.54, 1.807) is 0 Å². The summed E-state index contributed by atoms with van der Waals surface area (Å²) < 4.78 is 41.4. The molecule has 0 aromatic carbocycles. The first-order chi connectivity index (χ1) is 8.04. The van der Waals surface area contributed by atoms with Gasteiger partial charge in [-0.1, -0.05) is 16.7 Å². The van der Waals surface area contributed by atoms with E-state index in [4.69, 9.17) is 4.74 Å². The number of hydrogen-bond donors (Lipinski definition) is 0. The molecule has 0 amide bonds. The van der Waals surface area contributed by atoms with E-state index >= 15 is 0 Å². The number of rotatable bonds is 4. The molecule has 96 valence electrons. The second kappa shape index (κ2) is 4.69. The van der Waals surface area contributed by atoms with Gasteiger partial charge in [-0.15, -0.1) is 10.2 Å². The lowest BCUT2D eigenvalue weighted by molar-refractivity contribution is 0.171. The third kappa shape index (κ3) is 2.47. The molecule has 1 saturated carbocycles. The molecule has 0 aliphatic heterocycles. The number of hydrogen-bond acceptors (Lipinski definition) is 5. The predicted octanol–water partition coefficient (Wildman–Crippen LogP) is 1.20. The van der Waals surface area contributed by atoms with Gasteiger partial charge in [-0.25, -0.2) is 0 Å². The highest BCUT2D eigenvalue weighted by Gasteiger charge is 2.30. The maximum absolute atomic E-state index is 13.1. The minimum atomic E-state index is -4.83. The number of ether oxygens (including phenoxy) is 1. The maximum atomic E-state index is 13.1. The predicted molar refractivity (Wildman–Crippen MR) is 56.5 cm³/mol. The van der Waals surface area contributed by atoms with Crippen LogP contribution < -0.4 is 0 Å². The lowest BCUT2D eigenvalue weighted by atomic mass is 10.2. The van der Waals surface area contributed by atoms with E-state index in [1.165, 1.54) is 11.7 Å². The number of nitrogens with zero attached hydrogens (tertiary/aromatic N) is 3. The molecule has 0 bridgehead atoms. The lowest BCUT2D eigenvalue weighted by Gasteiger charge is -2.14. The quantitative estimate of drug-likeness (QED) is 0.763. The minimum absolute atomic E-state index is 0.0457. The zero-order valence-corrected chi connectivity index (χ0v) is 10.3. The van der Waals surface area contributed by atoms with E-state index in [0.29, 0.717) is 5.82 Å². The highest BCUT2D eigenvalue weighted by Crippen LogP contribution is 2.32. The van der Waals surface area contributed by atoms with Gasteiger partial charge in [0.25, 0.3) is 5.16 Å². The highest BCUT2D eigenvalue weighted by molar-refractivity contribution is 7.86. The van der Waals surface area contributed by atoms with Crippen LogP contribution in [0.25, 0.3) is 0 Å². The molecule has 0 spiro atoms. The molecular weight excluding hydrogens is 249 g/mol. The van der Waals surface area contributed by atoms with E-state index in [1.807, 2.05) is 0 Å². The lowest BCUT2D eigenvalue weighted by Crippen LogP contribution is -2.15. The molecular formula is C9H14FN3O3S. The third-order valence-corrected chi connectivity index (χ3v) is 3.63. The fourth-order valence-electron chi connectivity index (χ4n) is 2.23. The minimum Gasteiger partial charge on any atom is -0.377 e. The van der Waals surface area contributed by atoms with Gasteiger partial charge >= 0.3 is 10.2 Å². The second-order valence-electron chi connectivity index (χ2n) is 4.08. The molecule has 1 fully saturated rings. The first-order valence-electron chi connectivity index (χ1n) is 5.41. The Bertz CT molecular complexity index is 494. The monoisotopic (exact) mass is 263 g/mol.